The quantitative estimate of drug-likeness (QED) is 0.168. The number of pyridine rings is 1. The largest absolute Gasteiger partial charge is 0.248 e. The summed E-state index contributed by atoms with van der Waals surface area (Å²) in [6.07, 6.45) is 7.70. The van der Waals surface area contributed by atoms with E-state index in [0.29, 0.717) is 5.82 Å². The van der Waals surface area contributed by atoms with Crippen molar-refractivity contribution in [2.45, 2.75) is 6.42 Å². The number of aromatic nitrogens is 3. The second kappa shape index (κ2) is 15.3. The van der Waals surface area contributed by atoms with Crippen LogP contribution in [0.25, 0.3) is 111 Å². The molecule has 0 N–H and O–H groups in total. The Kier molecular flexibility index (Phi) is 8.90. The number of benzene rings is 9. The van der Waals surface area contributed by atoms with E-state index in [-0.39, 0.29) is 0 Å². The lowest BCUT2D eigenvalue weighted by Gasteiger charge is -2.16. The third kappa shape index (κ3) is 6.86. The minimum atomic E-state index is 0.673. The first-order valence-corrected chi connectivity index (χ1v) is 21.5. The van der Waals surface area contributed by atoms with Crippen molar-refractivity contribution in [1.29, 1.82) is 0 Å². The van der Waals surface area contributed by atoms with Gasteiger partial charge in [0, 0.05) is 33.0 Å². The van der Waals surface area contributed by atoms with Gasteiger partial charge in [0.15, 0.2) is 5.82 Å². The summed E-state index contributed by atoms with van der Waals surface area (Å²) in [5.41, 5.74) is 16.2. The van der Waals surface area contributed by atoms with Crippen molar-refractivity contribution >= 4 is 55.0 Å². The Morgan fingerprint density at radius 1 is 0.365 bits per heavy atom. The molecule has 1 aliphatic carbocycles. The summed E-state index contributed by atoms with van der Waals surface area (Å²) in [5, 5.41) is 6.94. The summed E-state index contributed by atoms with van der Waals surface area (Å²) in [6.45, 7) is 0. The smallest absolute Gasteiger partial charge is 0.160 e. The van der Waals surface area contributed by atoms with Crippen LogP contribution in [0, 0.1) is 0 Å². The van der Waals surface area contributed by atoms with E-state index in [2.05, 4.69) is 212 Å². The van der Waals surface area contributed by atoms with Crippen LogP contribution in [0.2, 0.25) is 0 Å². The number of fused-ring (bicyclic) bond motifs is 5. The summed E-state index contributed by atoms with van der Waals surface area (Å²) in [6, 6.07) is 73.7. The van der Waals surface area contributed by atoms with Crippen LogP contribution in [0.5, 0.6) is 0 Å². The van der Waals surface area contributed by atoms with Crippen molar-refractivity contribution in [2.24, 2.45) is 0 Å². The Labute approximate surface area is 366 Å². The van der Waals surface area contributed by atoms with Crippen molar-refractivity contribution in [3.63, 3.8) is 0 Å². The van der Waals surface area contributed by atoms with Crippen molar-refractivity contribution < 1.29 is 0 Å². The minimum absolute atomic E-state index is 0.673. The molecule has 1 aliphatic rings. The lowest BCUT2D eigenvalue weighted by Crippen LogP contribution is -1.98. The average Bonchev–Trinajstić information content (AvgIpc) is 3.58. The second-order valence-corrected chi connectivity index (χ2v) is 16.4. The lowest BCUT2D eigenvalue weighted by molar-refractivity contribution is 1.23. The molecule has 11 aromatic rings. The van der Waals surface area contributed by atoms with Crippen LogP contribution in [0.15, 0.2) is 218 Å². The van der Waals surface area contributed by atoms with Gasteiger partial charge in [-0.05, 0) is 103 Å². The average molecular weight is 802 g/mol. The summed E-state index contributed by atoms with van der Waals surface area (Å²) in [4.78, 5) is 16.0. The molecule has 0 atom stereocenters. The van der Waals surface area contributed by atoms with Crippen LogP contribution in [0.3, 0.4) is 0 Å². The van der Waals surface area contributed by atoms with Gasteiger partial charge in [0.25, 0.3) is 0 Å². The molecule has 0 amide bonds. The molecule has 0 radical (unpaired) electrons. The first-order valence-electron chi connectivity index (χ1n) is 21.5. The fourth-order valence-electron chi connectivity index (χ4n) is 9.10. The summed E-state index contributed by atoms with van der Waals surface area (Å²) >= 11 is 0. The van der Waals surface area contributed by atoms with Crippen LogP contribution >= 0.6 is 0 Å². The molecule has 2 heterocycles. The van der Waals surface area contributed by atoms with E-state index in [1.165, 1.54) is 43.8 Å². The third-order valence-electron chi connectivity index (χ3n) is 12.5. The predicted molar refractivity (Wildman–Crippen MR) is 264 cm³/mol. The fraction of sp³-hybridized carbons (Fsp3) is 0.0167. The van der Waals surface area contributed by atoms with Crippen molar-refractivity contribution in [2.75, 3.05) is 0 Å². The molecule has 0 saturated heterocycles. The third-order valence-corrected chi connectivity index (χ3v) is 12.5. The Morgan fingerprint density at radius 2 is 0.968 bits per heavy atom. The molecule has 0 bridgehead atoms. The molecule has 0 aliphatic heterocycles. The highest BCUT2D eigenvalue weighted by Crippen LogP contribution is 2.40. The van der Waals surface area contributed by atoms with Gasteiger partial charge in [-0.1, -0.05) is 188 Å². The summed E-state index contributed by atoms with van der Waals surface area (Å²) in [5.74, 6) is 0.673. The van der Waals surface area contributed by atoms with Crippen LogP contribution < -0.4 is 0 Å². The molecule has 0 unspecified atom stereocenters. The maximum absolute atomic E-state index is 5.49. The zero-order chi connectivity index (χ0) is 41.7. The number of para-hydroxylation sites is 1. The standard InChI is InChI=1S/C60H39N3/c1-2-10-40-18-20-43(19-17-39(40)9-1)44-21-27-47(28-22-44)58-55-38-53(51-31-23-41-11-3-5-14-49(41)35-51)37-54(52-32-24-42-12-4-6-15-50(42)36-52)59(55)63-60(62-58)48-29-25-46(26-30-48)57-34-33-45-13-7-8-16-56(45)61-57/h1-17,19-38H,18H2. The highest BCUT2D eigenvalue weighted by atomic mass is 14.9. The Bertz CT molecular complexity index is 3630. The first-order chi connectivity index (χ1) is 31.2. The van der Waals surface area contributed by atoms with E-state index >= 15 is 0 Å². The molecule has 0 spiro atoms. The second-order valence-electron chi connectivity index (χ2n) is 16.4. The Hall–Kier alpha value is -8.27. The monoisotopic (exact) mass is 801 g/mol. The van der Waals surface area contributed by atoms with Gasteiger partial charge in [-0.15, -0.1) is 0 Å². The van der Waals surface area contributed by atoms with Crippen molar-refractivity contribution in [3.8, 4) is 56.2 Å². The van der Waals surface area contributed by atoms with E-state index in [0.717, 1.165) is 78.6 Å². The molecule has 0 saturated carbocycles. The van der Waals surface area contributed by atoms with E-state index in [1.807, 2.05) is 12.1 Å². The maximum atomic E-state index is 5.49. The highest BCUT2D eigenvalue weighted by Gasteiger charge is 2.19. The molecule has 3 heteroatoms. The number of hydrogen-bond acceptors (Lipinski definition) is 3. The van der Waals surface area contributed by atoms with E-state index in [1.54, 1.807) is 0 Å². The molecule has 2 aromatic heterocycles. The molecule has 12 rings (SSSR count). The zero-order valence-electron chi connectivity index (χ0n) is 34.4. The van der Waals surface area contributed by atoms with Gasteiger partial charge in [-0.25, -0.2) is 15.0 Å². The summed E-state index contributed by atoms with van der Waals surface area (Å²) < 4.78 is 0. The number of rotatable bonds is 6. The van der Waals surface area contributed by atoms with E-state index in [4.69, 9.17) is 15.0 Å². The van der Waals surface area contributed by atoms with E-state index < -0.39 is 0 Å². The number of allylic oxidation sites excluding steroid dienone is 3. The van der Waals surface area contributed by atoms with Gasteiger partial charge in [0.05, 0.1) is 22.4 Å². The summed E-state index contributed by atoms with van der Waals surface area (Å²) in [7, 11) is 0. The Balaban J connectivity index is 1.05. The van der Waals surface area contributed by atoms with Crippen LogP contribution in [0.4, 0.5) is 0 Å². The maximum Gasteiger partial charge on any atom is 0.160 e. The molecule has 9 aromatic carbocycles. The number of hydrogen-bond donors (Lipinski definition) is 0. The molecule has 3 nitrogen and oxygen atoms in total. The zero-order valence-corrected chi connectivity index (χ0v) is 34.4. The van der Waals surface area contributed by atoms with Crippen LogP contribution in [-0.4, -0.2) is 15.0 Å². The van der Waals surface area contributed by atoms with Crippen LogP contribution in [0.1, 0.15) is 16.7 Å². The first kappa shape index (κ1) is 36.6. The predicted octanol–water partition coefficient (Wildman–Crippen LogP) is 15.5. The molecule has 294 valence electrons. The lowest BCUT2D eigenvalue weighted by atomic mass is 9.91. The SMILES string of the molecule is C1=Cc2ccccc2CC=C1c1ccc(-c2nc(-c3ccc(-c4ccc5ccccc5n4)cc3)nc3c(-c4ccc5ccccc5c4)cc(-c4ccc5ccccc5c4)cc23)cc1. The topological polar surface area (TPSA) is 38.7 Å². The van der Waals surface area contributed by atoms with Gasteiger partial charge in [-0.3, -0.25) is 0 Å². The molecule has 63 heavy (non-hydrogen) atoms. The normalized spacial score (nSPS) is 12.4. The van der Waals surface area contributed by atoms with Gasteiger partial charge in [0.1, 0.15) is 0 Å². The van der Waals surface area contributed by atoms with Gasteiger partial charge < -0.3 is 0 Å². The Morgan fingerprint density at radius 3 is 1.76 bits per heavy atom. The van der Waals surface area contributed by atoms with Crippen molar-refractivity contribution in [1.82, 2.24) is 15.0 Å². The van der Waals surface area contributed by atoms with Gasteiger partial charge >= 0.3 is 0 Å². The molecular weight excluding hydrogens is 763 g/mol. The number of nitrogens with zero attached hydrogens (tertiary/aromatic N) is 3. The van der Waals surface area contributed by atoms with Gasteiger partial charge in [0.2, 0.25) is 0 Å². The molecular formula is C60H39N3. The molecule has 0 fully saturated rings. The van der Waals surface area contributed by atoms with Gasteiger partial charge in [-0.2, -0.15) is 0 Å². The fourth-order valence-corrected chi connectivity index (χ4v) is 9.10. The van der Waals surface area contributed by atoms with Crippen molar-refractivity contribution in [3.05, 3.63) is 235 Å². The van der Waals surface area contributed by atoms with Crippen LogP contribution in [-0.2, 0) is 6.42 Å². The highest BCUT2D eigenvalue weighted by molar-refractivity contribution is 6.06. The van der Waals surface area contributed by atoms with E-state index in [9.17, 15) is 0 Å². The minimum Gasteiger partial charge on any atom is -0.248 e.